The van der Waals surface area contributed by atoms with E-state index >= 15 is 0 Å². The second-order valence-electron chi connectivity index (χ2n) is 7.28. The zero-order valence-electron chi connectivity index (χ0n) is 15.1. The summed E-state index contributed by atoms with van der Waals surface area (Å²) in [4.78, 5) is 19.3. The molecule has 1 atom stereocenters. The molecule has 1 amide bonds. The van der Waals surface area contributed by atoms with Gasteiger partial charge in [-0.15, -0.1) is 0 Å². The fourth-order valence-corrected chi connectivity index (χ4v) is 3.86. The fraction of sp³-hybridized carbons (Fsp3) is 0.429. The van der Waals surface area contributed by atoms with Crippen LogP contribution in [-0.2, 0) is 11.2 Å². The first-order chi connectivity index (χ1) is 12.7. The number of piperidine rings is 1. The summed E-state index contributed by atoms with van der Waals surface area (Å²) in [5.41, 5.74) is 3.16. The minimum Gasteiger partial charge on any atom is -0.474 e. The lowest BCUT2D eigenvalue weighted by molar-refractivity contribution is -0.117. The molecule has 5 heteroatoms. The zero-order chi connectivity index (χ0) is 17.9. The van der Waals surface area contributed by atoms with Crippen LogP contribution in [0.3, 0.4) is 0 Å². The number of anilines is 1. The Morgan fingerprint density at radius 2 is 1.96 bits per heavy atom. The molecule has 0 saturated carbocycles. The number of nitrogens with zero attached hydrogens (tertiary/aromatic N) is 2. The first kappa shape index (κ1) is 17.0. The predicted octanol–water partition coefficient (Wildman–Crippen LogP) is 3.22. The van der Waals surface area contributed by atoms with Crippen molar-refractivity contribution in [2.45, 2.75) is 37.7 Å². The van der Waals surface area contributed by atoms with E-state index in [0.717, 1.165) is 50.0 Å². The number of aryl methyl sites for hydroxylation is 1. The summed E-state index contributed by atoms with van der Waals surface area (Å²) in [6.45, 7) is 2.11. The zero-order valence-corrected chi connectivity index (χ0v) is 15.1. The van der Waals surface area contributed by atoms with Crippen LogP contribution in [0.2, 0.25) is 0 Å². The molecular formula is C21H25N3O2. The first-order valence-electron chi connectivity index (χ1n) is 9.39. The molecule has 1 aromatic carbocycles. The number of carbonyl (C=O) groups excluding carboxylic acids is 1. The number of likely N-dealkylation sites (tertiary alicyclic amines) is 1. The van der Waals surface area contributed by atoms with Gasteiger partial charge < -0.3 is 15.0 Å². The normalized spacial score (nSPS) is 20.6. The van der Waals surface area contributed by atoms with Crippen LogP contribution >= 0.6 is 0 Å². The number of hydrogen-bond donors (Lipinski definition) is 1. The molecule has 1 aliphatic heterocycles. The van der Waals surface area contributed by atoms with Gasteiger partial charge in [0.25, 0.3) is 0 Å². The largest absolute Gasteiger partial charge is 0.474 e. The molecule has 0 bridgehead atoms. The molecule has 26 heavy (non-hydrogen) atoms. The third-order valence-electron chi connectivity index (χ3n) is 5.41. The van der Waals surface area contributed by atoms with Gasteiger partial charge in [0.2, 0.25) is 11.8 Å². The van der Waals surface area contributed by atoms with E-state index in [-0.39, 0.29) is 17.9 Å². The van der Waals surface area contributed by atoms with Gasteiger partial charge in [0.15, 0.2) is 0 Å². The van der Waals surface area contributed by atoms with E-state index in [4.69, 9.17) is 4.74 Å². The lowest BCUT2D eigenvalue weighted by Crippen LogP contribution is -2.35. The van der Waals surface area contributed by atoms with Gasteiger partial charge >= 0.3 is 0 Å². The topological polar surface area (TPSA) is 54.5 Å². The van der Waals surface area contributed by atoms with E-state index in [9.17, 15) is 4.79 Å². The monoisotopic (exact) mass is 351 g/mol. The molecule has 2 heterocycles. The van der Waals surface area contributed by atoms with Gasteiger partial charge in [-0.05, 0) is 49.9 Å². The van der Waals surface area contributed by atoms with E-state index in [0.29, 0.717) is 5.88 Å². The maximum atomic E-state index is 12.6. The molecule has 0 spiro atoms. The highest BCUT2D eigenvalue weighted by Gasteiger charge is 2.28. The molecule has 1 aromatic heterocycles. The highest BCUT2D eigenvalue weighted by molar-refractivity contribution is 5.96. The molecule has 1 saturated heterocycles. The number of carbonyl (C=O) groups is 1. The van der Waals surface area contributed by atoms with Crippen LogP contribution in [0.25, 0.3) is 0 Å². The summed E-state index contributed by atoms with van der Waals surface area (Å²) in [7, 11) is 2.13. The molecule has 2 aliphatic rings. The van der Waals surface area contributed by atoms with Crippen molar-refractivity contribution in [2.75, 3.05) is 25.5 Å². The van der Waals surface area contributed by atoms with Gasteiger partial charge in [-0.1, -0.05) is 24.3 Å². The Morgan fingerprint density at radius 3 is 2.73 bits per heavy atom. The van der Waals surface area contributed by atoms with Crippen LogP contribution in [-0.4, -0.2) is 42.0 Å². The smallest absolute Gasteiger partial charge is 0.231 e. The number of benzene rings is 1. The lowest BCUT2D eigenvalue weighted by Gasteiger charge is -2.28. The van der Waals surface area contributed by atoms with E-state index in [1.165, 1.54) is 5.56 Å². The Hall–Kier alpha value is -2.40. The van der Waals surface area contributed by atoms with Gasteiger partial charge in [0.05, 0.1) is 17.8 Å². The second kappa shape index (κ2) is 7.46. The Bertz CT molecular complexity index is 767. The SMILES string of the molecule is CN1CCC(Oc2ccc(NC(=O)C3CCc4ccccc43)cn2)CC1. The average molecular weight is 351 g/mol. The number of hydrogen-bond acceptors (Lipinski definition) is 4. The third kappa shape index (κ3) is 3.73. The predicted molar refractivity (Wildman–Crippen MR) is 102 cm³/mol. The summed E-state index contributed by atoms with van der Waals surface area (Å²) in [6.07, 6.45) is 5.80. The molecule has 1 unspecified atom stereocenters. The number of nitrogens with one attached hydrogen (secondary N) is 1. The van der Waals surface area contributed by atoms with Crippen LogP contribution in [0.5, 0.6) is 5.88 Å². The van der Waals surface area contributed by atoms with E-state index in [1.54, 1.807) is 6.20 Å². The number of ether oxygens (including phenoxy) is 1. The molecule has 0 radical (unpaired) electrons. The molecule has 4 rings (SSSR count). The van der Waals surface area contributed by atoms with Gasteiger partial charge in [0, 0.05) is 19.2 Å². The van der Waals surface area contributed by atoms with Crippen LogP contribution in [0.15, 0.2) is 42.6 Å². The fourth-order valence-electron chi connectivity index (χ4n) is 3.86. The van der Waals surface area contributed by atoms with Crippen molar-refractivity contribution in [1.29, 1.82) is 0 Å². The van der Waals surface area contributed by atoms with Crippen molar-refractivity contribution in [3.63, 3.8) is 0 Å². The number of pyridine rings is 1. The van der Waals surface area contributed by atoms with E-state index in [1.807, 2.05) is 24.3 Å². The highest BCUT2D eigenvalue weighted by Crippen LogP contribution is 2.33. The molecule has 1 aliphatic carbocycles. The molecule has 136 valence electrons. The second-order valence-corrected chi connectivity index (χ2v) is 7.28. The Labute approximate surface area is 154 Å². The summed E-state index contributed by atoms with van der Waals surface area (Å²) in [6, 6.07) is 11.9. The minimum absolute atomic E-state index is 0.0423. The first-order valence-corrected chi connectivity index (χ1v) is 9.39. The van der Waals surface area contributed by atoms with Gasteiger partial charge in [0.1, 0.15) is 6.10 Å². The van der Waals surface area contributed by atoms with Gasteiger partial charge in [-0.3, -0.25) is 4.79 Å². The van der Waals surface area contributed by atoms with Gasteiger partial charge in [-0.25, -0.2) is 4.98 Å². The maximum absolute atomic E-state index is 12.6. The summed E-state index contributed by atoms with van der Waals surface area (Å²) in [5, 5.41) is 3.00. The van der Waals surface area contributed by atoms with E-state index in [2.05, 4.69) is 34.4 Å². The Kier molecular flexibility index (Phi) is 4.89. The molecule has 1 N–H and O–H groups in total. The summed E-state index contributed by atoms with van der Waals surface area (Å²) >= 11 is 0. The minimum atomic E-state index is -0.0682. The number of amides is 1. The number of aromatic nitrogens is 1. The van der Waals surface area contributed by atoms with Crippen LogP contribution in [0.1, 0.15) is 36.3 Å². The number of rotatable bonds is 4. The van der Waals surface area contributed by atoms with Crippen molar-refractivity contribution in [1.82, 2.24) is 9.88 Å². The number of fused-ring (bicyclic) bond motifs is 1. The van der Waals surface area contributed by atoms with Crippen LogP contribution in [0, 0.1) is 0 Å². The highest BCUT2D eigenvalue weighted by atomic mass is 16.5. The summed E-state index contributed by atoms with van der Waals surface area (Å²) in [5.74, 6) is 0.603. The molecular weight excluding hydrogens is 326 g/mol. The van der Waals surface area contributed by atoms with Crippen LogP contribution in [0.4, 0.5) is 5.69 Å². The van der Waals surface area contributed by atoms with Crippen molar-refractivity contribution in [3.05, 3.63) is 53.7 Å². The summed E-state index contributed by atoms with van der Waals surface area (Å²) < 4.78 is 5.96. The van der Waals surface area contributed by atoms with Crippen molar-refractivity contribution >= 4 is 11.6 Å². The lowest BCUT2D eigenvalue weighted by atomic mass is 10.0. The standard InChI is InChI=1S/C21H25N3O2/c1-24-12-10-17(11-13-24)26-20-9-7-16(14-22-20)23-21(25)19-8-6-15-4-2-3-5-18(15)19/h2-5,7,9,14,17,19H,6,8,10-13H2,1H3,(H,23,25). The van der Waals surface area contributed by atoms with Crippen molar-refractivity contribution in [3.8, 4) is 5.88 Å². The molecule has 5 nitrogen and oxygen atoms in total. The molecule has 1 fully saturated rings. The third-order valence-corrected chi connectivity index (χ3v) is 5.41. The Balaban J connectivity index is 1.35. The maximum Gasteiger partial charge on any atom is 0.231 e. The van der Waals surface area contributed by atoms with Crippen molar-refractivity contribution < 1.29 is 9.53 Å². The Morgan fingerprint density at radius 1 is 1.15 bits per heavy atom. The van der Waals surface area contributed by atoms with Crippen LogP contribution < -0.4 is 10.1 Å². The molecule has 2 aromatic rings. The van der Waals surface area contributed by atoms with Gasteiger partial charge in [-0.2, -0.15) is 0 Å². The van der Waals surface area contributed by atoms with E-state index < -0.39 is 0 Å². The average Bonchev–Trinajstić information content (AvgIpc) is 3.09. The van der Waals surface area contributed by atoms with Crippen molar-refractivity contribution in [2.24, 2.45) is 0 Å². The quantitative estimate of drug-likeness (QED) is 0.919.